The van der Waals surface area contributed by atoms with Crippen molar-refractivity contribution in [1.29, 1.82) is 0 Å². The van der Waals surface area contributed by atoms with Gasteiger partial charge in [-0.1, -0.05) is 81.9 Å². The predicted molar refractivity (Wildman–Crippen MR) is 203 cm³/mol. The Labute approximate surface area is 316 Å². The fourth-order valence-corrected chi connectivity index (χ4v) is 12.1. The number of hydrogen-bond donors (Lipinski definition) is 3. The van der Waals surface area contributed by atoms with Gasteiger partial charge < -0.3 is 29.5 Å². The van der Waals surface area contributed by atoms with Crippen LogP contribution in [0.2, 0.25) is 0 Å². The molecule has 7 aliphatic rings. The van der Waals surface area contributed by atoms with E-state index in [2.05, 4.69) is 54.3 Å². The van der Waals surface area contributed by atoms with Crippen LogP contribution in [-0.4, -0.2) is 71.2 Å². The first-order valence-electron chi connectivity index (χ1n) is 21.0. The van der Waals surface area contributed by atoms with Crippen molar-refractivity contribution in [2.45, 2.75) is 121 Å². The number of benzene rings is 1. The molecule has 10 atom stereocenters. The van der Waals surface area contributed by atoms with Crippen molar-refractivity contribution in [2.24, 2.45) is 41.4 Å². The van der Waals surface area contributed by atoms with E-state index >= 15 is 0 Å². The molecule has 3 aliphatic carbocycles. The van der Waals surface area contributed by atoms with Gasteiger partial charge in [0.05, 0.1) is 32.3 Å². The Balaban J connectivity index is 1.16. The lowest BCUT2D eigenvalue weighted by molar-refractivity contribution is -0.134. The first-order valence-corrected chi connectivity index (χ1v) is 21.0. The zero-order chi connectivity index (χ0) is 36.6. The zero-order valence-corrected chi connectivity index (χ0v) is 31.8. The van der Waals surface area contributed by atoms with E-state index in [1.165, 1.54) is 63.2 Å². The van der Waals surface area contributed by atoms with Crippen LogP contribution >= 0.6 is 0 Å². The Morgan fingerprint density at radius 3 is 2.64 bits per heavy atom. The molecule has 4 aliphatic heterocycles. The number of cyclic esters (lactones) is 1. The largest absolute Gasteiger partial charge is 0.492 e. The second-order valence-corrected chi connectivity index (χ2v) is 17.2. The first-order chi connectivity index (χ1) is 25.9. The number of unbranched alkanes of at least 4 members (excludes halogenated alkanes) is 2. The highest BCUT2D eigenvalue weighted by Gasteiger charge is 2.58. The van der Waals surface area contributed by atoms with Gasteiger partial charge in [0.15, 0.2) is 11.5 Å². The van der Waals surface area contributed by atoms with Crippen molar-refractivity contribution in [2.75, 3.05) is 26.9 Å². The van der Waals surface area contributed by atoms with E-state index in [0.717, 1.165) is 63.2 Å². The molecule has 0 radical (unpaired) electrons. The highest BCUT2D eigenvalue weighted by molar-refractivity contribution is 5.94. The third-order valence-electron chi connectivity index (χ3n) is 14.5. The Hall–Kier alpha value is -2.91. The summed E-state index contributed by atoms with van der Waals surface area (Å²) in [6.45, 7) is 2.39. The molecule has 288 valence electrons. The number of rotatable bonds is 11. The van der Waals surface area contributed by atoms with Gasteiger partial charge in [0, 0.05) is 30.5 Å². The van der Waals surface area contributed by atoms with Crippen LogP contribution < -0.4 is 0 Å². The van der Waals surface area contributed by atoms with Crippen LogP contribution in [0.3, 0.4) is 0 Å². The molecule has 2 saturated carbocycles. The second kappa shape index (κ2) is 16.1. The molecule has 8 heteroatoms. The summed E-state index contributed by atoms with van der Waals surface area (Å²) in [6.07, 6.45) is 22.7. The zero-order valence-electron chi connectivity index (χ0n) is 31.8. The smallest absolute Gasteiger partial charge is 0.345 e. The van der Waals surface area contributed by atoms with Crippen molar-refractivity contribution in [3.8, 4) is 0 Å². The van der Waals surface area contributed by atoms with Gasteiger partial charge in [-0.15, -0.1) is 0 Å². The quantitative estimate of drug-likeness (QED) is 0.124. The minimum Gasteiger partial charge on any atom is -0.492 e. The van der Waals surface area contributed by atoms with E-state index in [4.69, 9.17) is 14.2 Å². The summed E-state index contributed by atoms with van der Waals surface area (Å²) in [4.78, 5) is 15.4. The standard InChI is InChI=1S/C45H61NO7/c1-3-4-5-11-27-12-8-16-30(22-27)32-19-20-33-34(32)24-37-39-35(25-47)43(44-42(51-2)36(26-48)45(50)53-44)52-38(39)18-10-21-46(37)40(33)41(49)31-17-9-15-29(23-31)28-13-6-7-14-28/h8-9,12,16-18,22,28-29,31-35,37,39-41,47-49H,3-7,10-11,13-15,19-21,23-26H2,1-2H3/t29-,31+,32-,33+,34+,35-,37+,39-,40-,41-/m0/s1. The monoisotopic (exact) mass is 727 g/mol. The molecule has 4 heterocycles. The van der Waals surface area contributed by atoms with E-state index in [1.807, 2.05) is 0 Å². The molecule has 0 aromatic heterocycles. The van der Waals surface area contributed by atoms with Gasteiger partial charge in [0.2, 0.25) is 5.76 Å². The molecule has 2 saturated heterocycles. The van der Waals surface area contributed by atoms with Crippen molar-refractivity contribution in [3.63, 3.8) is 0 Å². The lowest BCUT2D eigenvalue weighted by atomic mass is 9.66. The van der Waals surface area contributed by atoms with Crippen LogP contribution in [0.15, 0.2) is 71.1 Å². The number of aliphatic hydroxyl groups excluding tert-OH is 3. The number of carbonyl (C=O) groups excluding carboxylic acids is 1. The summed E-state index contributed by atoms with van der Waals surface area (Å²) in [5, 5.41) is 33.9. The van der Waals surface area contributed by atoms with Gasteiger partial charge in [-0.2, -0.15) is 0 Å². The average Bonchev–Trinajstić information content (AvgIpc) is 3.98. The lowest BCUT2D eigenvalue weighted by Crippen LogP contribution is -2.62. The number of aliphatic hydroxyl groups is 3. The summed E-state index contributed by atoms with van der Waals surface area (Å²) in [7, 11) is 1.46. The highest BCUT2D eigenvalue weighted by atomic mass is 16.6. The minimum atomic E-state index is -0.652. The Morgan fingerprint density at radius 2 is 1.87 bits per heavy atom. The molecular weight excluding hydrogens is 666 g/mol. The normalized spacial score (nSPS) is 36.4. The van der Waals surface area contributed by atoms with Crippen molar-refractivity contribution < 1.29 is 34.3 Å². The summed E-state index contributed by atoms with van der Waals surface area (Å²) in [6, 6.07) is 9.37. The molecule has 0 unspecified atom stereocenters. The van der Waals surface area contributed by atoms with Gasteiger partial charge in [0.25, 0.3) is 0 Å². The van der Waals surface area contributed by atoms with Crippen LogP contribution in [0.5, 0.6) is 0 Å². The second-order valence-electron chi connectivity index (χ2n) is 17.2. The lowest BCUT2D eigenvalue weighted by Gasteiger charge is -2.53. The van der Waals surface area contributed by atoms with Crippen LogP contribution in [0.4, 0.5) is 0 Å². The van der Waals surface area contributed by atoms with Crippen LogP contribution in [0.25, 0.3) is 0 Å². The molecule has 1 aromatic carbocycles. The topological polar surface area (TPSA) is 109 Å². The van der Waals surface area contributed by atoms with Crippen LogP contribution in [-0.2, 0) is 25.4 Å². The molecule has 53 heavy (non-hydrogen) atoms. The summed E-state index contributed by atoms with van der Waals surface area (Å²) in [5.74, 6) is 2.97. The number of carbonyl (C=O) groups is 1. The molecular formula is C45H61NO7. The third-order valence-corrected chi connectivity index (χ3v) is 14.5. The number of allylic oxidation sites excluding steroid dienone is 1. The third kappa shape index (κ3) is 6.85. The van der Waals surface area contributed by atoms with Gasteiger partial charge >= 0.3 is 5.97 Å². The molecule has 3 N–H and O–H groups in total. The fraction of sp³-hybridized carbons (Fsp3) is 0.667. The molecule has 0 amide bonds. The van der Waals surface area contributed by atoms with Gasteiger partial charge in [-0.05, 0) is 98.2 Å². The number of piperidine rings is 1. The maximum atomic E-state index is 12.8. The average molecular weight is 728 g/mol. The van der Waals surface area contributed by atoms with Crippen LogP contribution in [0.1, 0.15) is 107 Å². The Kier molecular flexibility index (Phi) is 11.2. The molecule has 8 nitrogen and oxygen atoms in total. The number of ether oxygens (including phenoxy) is 3. The van der Waals surface area contributed by atoms with E-state index in [-0.39, 0.29) is 47.6 Å². The molecule has 4 fully saturated rings. The maximum Gasteiger partial charge on any atom is 0.345 e. The SMILES string of the molecule is CCCCCc1cccc([C@@H]2CC[C@@H]3[C@@H]2C[C@@H]2[C@H]4C(=CCCN2[C@@H]3[C@@H](O)[C@@H]2C=CC[C@H](C3CCCC3)C2)OC(=C2OC(=O)C(CO)=C2OC)[C@H]4CO)c1. The van der Waals surface area contributed by atoms with Crippen molar-refractivity contribution in [1.82, 2.24) is 4.90 Å². The summed E-state index contributed by atoms with van der Waals surface area (Å²) in [5.41, 5.74) is 2.92. The minimum absolute atomic E-state index is 0.00278. The summed E-state index contributed by atoms with van der Waals surface area (Å²) >= 11 is 0. The van der Waals surface area contributed by atoms with Crippen LogP contribution in [0, 0.1) is 41.4 Å². The molecule has 8 rings (SSSR count). The fourth-order valence-electron chi connectivity index (χ4n) is 12.1. The van der Waals surface area contributed by atoms with Gasteiger partial charge in [-0.25, -0.2) is 4.79 Å². The Bertz CT molecular complexity index is 1620. The molecule has 1 aromatic rings. The highest BCUT2D eigenvalue weighted by Crippen LogP contribution is 2.58. The first kappa shape index (κ1) is 37.0. The molecule has 0 spiro atoms. The Morgan fingerprint density at radius 1 is 1.02 bits per heavy atom. The number of esters is 1. The van der Waals surface area contributed by atoms with Crippen molar-refractivity contribution >= 4 is 5.97 Å². The molecule has 0 bridgehead atoms. The van der Waals surface area contributed by atoms with E-state index in [1.54, 1.807) is 0 Å². The number of hydrogen-bond acceptors (Lipinski definition) is 8. The number of fused-ring (bicyclic) bond motifs is 4. The van der Waals surface area contributed by atoms with Crippen molar-refractivity contribution in [3.05, 3.63) is 82.2 Å². The number of nitrogens with zero attached hydrogens (tertiary/aromatic N) is 1. The van der Waals surface area contributed by atoms with E-state index < -0.39 is 24.6 Å². The van der Waals surface area contributed by atoms with Gasteiger partial charge in [-0.3, -0.25) is 4.90 Å². The number of aryl methyl sites for hydroxylation is 1. The predicted octanol–water partition coefficient (Wildman–Crippen LogP) is 7.31. The van der Waals surface area contributed by atoms with E-state index in [0.29, 0.717) is 29.4 Å². The number of methoxy groups -OCH3 is 1. The maximum absolute atomic E-state index is 12.8. The summed E-state index contributed by atoms with van der Waals surface area (Å²) < 4.78 is 17.9. The van der Waals surface area contributed by atoms with E-state index in [9.17, 15) is 20.1 Å². The van der Waals surface area contributed by atoms with Gasteiger partial charge in [0.1, 0.15) is 11.3 Å².